The number of rotatable bonds is 5. The van der Waals surface area contributed by atoms with Gasteiger partial charge in [-0.3, -0.25) is 14.5 Å². The van der Waals surface area contributed by atoms with Gasteiger partial charge in [0.15, 0.2) is 0 Å². The van der Waals surface area contributed by atoms with Crippen LogP contribution in [0.4, 0.5) is 0 Å². The smallest absolute Gasteiger partial charge is 0.239 e. The van der Waals surface area contributed by atoms with Crippen LogP contribution in [0.5, 0.6) is 0 Å². The van der Waals surface area contributed by atoms with Gasteiger partial charge in [-0.25, -0.2) is 0 Å². The Kier molecular flexibility index (Phi) is 7.10. The molecule has 1 aliphatic carbocycles. The van der Waals surface area contributed by atoms with E-state index in [-0.39, 0.29) is 29.8 Å². The number of nitrogens with zero attached hydrogens (tertiary/aromatic N) is 1. The molecule has 2 aliphatic rings. The maximum atomic E-state index is 12.5. The predicted molar refractivity (Wildman–Crippen MR) is 104 cm³/mol. The molecule has 0 unspecified atom stereocenters. The molecule has 1 heterocycles. The lowest BCUT2D eigenvalue weighted by Gasteiger charge is -2.34. The number of carbonyl (C=O) groups excluding carboxylic acids is 2. The molecule has 2 amide bonds. The van der Waals surface area contributed by atoms with Crippen molar-refractivity contribution in [3.63, 3.8) is 0 Å². The van der Waals surface area contributed by atoms with E-state index in [0.717, 1.165) is 37.8 Å². The van der Waals surface area contributed by atoms with Gasteiger partial charge in [-0.05, 0) is 50.4 Å². The van der Waals surface area contributed by atoms with Crippen molar-refractivity contribution in [2.45, 2.75) is 44.3 Å². The lowest BCUT2D eigenvalue weighted by molar-refractivity contribution is -0.132. The van der Waals surface area contributed by atoms with Gasteiger partial charge in [-0.15, -0.1) is 0 Å². The van der Waals surface area contributed by atoms with E-state index in [9.17, 15) is 9.59 Å². The summed E-state index contributed by atoms with van der Waals surface area (Å²) >= 11 is 5.97. The van der Waals surface area contributed by atoms with Crippen LogP contribution in [0.1, 0.15) is 31.2 Å². The van der Waals surface area contributed by atoms with Crippen LogP contribution in [0.3, 0.4) is 0 Å². The van der Waals surface area contributed by atoms with Crippen LogP contribution in [-0.2, 0) is 20.9 Å². The summed E-state index contributed by atoms with van der Waals surface area (Å²) in [7, 11) is 1.95. The molecular weight excluding hydrogens is 366 g/mol. The van der Waals surface area contributed by atoms with Crippen molar-refractivity contribution in [2.24, 2.45) is 5.92 Å². The SMILES string of the molecule is CN1CCOC[C@@H]1C(=O)NC1CCC(C(=O)NCc2cccc(Cl)c2)CC1. The van der Waals surface area contributed by atoms with E-state index in [1.807, 2.05) is 36.2 Å². The van der Waals surface area contributed by atoms with E-state index in [0.29, 0.717) is 24.8 Å². The molecule has 1 saturated heterocycles. The summed E-state index contributed by atoms with van der Waals surface area (Å²) in [4.78, 5) is 26.9. The van der Waals surface area contributed by atoms with Crippen LogP contribution in [0, 0.1) is 5.92 Å². The fraction of sp³-hybridized carbons (Fsp3) is 0.600. The fourth-order valence-electron chi connectivity index (χ4n) is 3.74. The average Bonchev–Trinajstić information content (AvgIpc) is 2.67. The molecule has 1 atom stereocenters. The van der Waals surface area contributed by atoms with Gasteiger partial charge in [-0.2, -0.15) is 0 Å². The zero-order valence-corrected chi connectivity index (χ0v) is 16.5. The second-order valence-electron chi connectivity index (χ2n) is 7.48. The van der Waals surface area contributed by atoms with Crippen LogP contribution in [0.2, 0.25) is 5.02 Å². The highest BCUT2D eigenvalue weighted by Gasteiger charge is 2.31. The summed E-state index contributed by atoms with van der Waals surface area (Å²) in [6.07, 6.45) is 3.25. The van der Waals surface area contributed by atoms with Gasteiger partial charge in [0.2, 0.25) is 11.8 Å². The number of hydrogen-bond acceptors (Lipinski definition) is 4. The molecule has 0 spiro atoms. The summed E-state index contributed by atoms with van der Waals surface area (Å²) in [5.74, 6) is 0.129. The number of benzene rings is 1. The summed E-state index contributed by atoms with van der Waals surface area (Å²) in [5.41, 5.74) is 0.996. The van der Waals surface area contributed by atoms with Crippen molar-refractivity contribution in [3.05, 3.63) is 34.9 Å². The number of ether oxygens (including phenoxy) is 1. The van der Waals surface area contributed by atoms with E-state index < -0.39 is 0 Å². The number of carbonyl (C=O) groups is 2. The summed E-state index contributed by atoms with van der Waals surface area (Å²) in [6.45, 7) is 2.39. The Labute approximate surface area is 165 Å². The molecule has 0 bridgehead atoms. The zero-order valence-electron chi connectivity index (χ0n) is 15.7. The quantitative estimate of drug-likeness (QED) is 0.802. The van der Waals surface area contributed by atoms with Crippen molar-refractivity contribution in [2.75, 3.05) is 26.8 Å². The Morgan fingerprint density at radius 2 is 2.00 bits per heavy atom. The third-order valence-electron chi connectivity index (χ3n) is 5.50. The third-order valence-corrected chi connectivity index (χ3v) is 5.73. The zero-order chi connectivity index (χ0) is 19.2. The molecule has 148 valence electrons. The molecule has 1 aliphatic heterocycles. The average molecular weight is 394 g/mol. The van der Waals surface area contributed by atoms with Crippen molar-refractivity contribution in [1.29, 1.82) is 0 Å². The van der Waals surface area contributed by atoms with E-state index in [2.05, 4.69) is 10.6 Å². The minimum Gasteiger partial charge on any atom is -0.378 e. The Bertz CT molecular complexity index is 662. The number of morpholine rings is 1. The first-order valence-electron chi connectivity index (χ1n) is 9.63. The van der Waals surface area contributed by atoms with Crippen LogP contribution < -0.4 is 10.6 Å². The van der Waals surface area contributed by atoms with Gasteiger partial charge < -0.3 is 15.4 Å². The van der Waals surface area contributed by atoms with Crippen LogP contribution >= 0.6 is 11.6 Å². The third kappa shape index (κ3) is 5.67. The summed E-state index contributed by atoms with van der Waals surface area (Å²) < 4.78 is 5.42. The van der Waals surface area contributed by atoms with Crippen LogP contribution in [-0.4, -0.2) is 55.6 Å². The second-order valence-corrected chi connectivity index (χ2v) is 7.91. The molecule has 3 rings (SSSR count). The molecular formula is C20H28ClN3O3. The monoisotopic (exact) mass is 393 g/mol. The van der Waals surface area contributed by atoms with Gasteiger partial charge in [0.05, 0.1) is 13.2 Å². The molecule has 1 aromatic carbocycles. The number of amides is 2. The normalized spacial score (nSPS) is 26.4. The fourth-order valence-corrected chi connectivity index (χ4v) is 3.95. The highest BCUT2D eigenvalue weighted by molar-refractivity contribution is 6.30. The molecule has 0 aromatic heterocycles. The van der Waals surface area contributed by atoms with Crippen molar-refractivity contribution in [3.8, 4) is 0 Å². The Balaban J connectivity index is 1.40. The van der Waals surface area contributed by atoms with Gasteiger partial charge in [0.1, 0.15) is 6.04 Å². The van der Waals surface area contributed by atoms with E-state index in [1.165, 1.54) is 0 Å². The molecule has 1 saturated carbocycles. The van der Waals surface area contributed by atoms with Crippen molar-refractivity contribution >= 4 is 23.4 Å². The summed E-state index contributed by atoms with van der Waals surface area (Å²) in [5, 5.41) is 6.81. The summed E-state index contributed by atoms with van der Waals surface area (Å²) in [6, 6.07) is 7.44. The maximum absolute atomic E-state index is 12.5. The maximum Gasteiger partial charge on any atom is 0.239 e. The first-order valence-corrected chi connectivity index (χ1v) is 10.0. The highest BCUT2D eigenvalue weighted by Crippen LogP contribution is 2.25. The Morgan fingerprint density at radius 1 is 1.22 bits per heavy atom. The molecule has 27 heavy (non-hydrogen) atoms. The van der Waals surface area contributed by atoms with E-state index in [1.54, 1.807) is 0 Å². The van der Waals surface area contributed by atoms with Gasteiger partial charge in [0, 0.05) is 30.1 Å². The van der Waals surface area contributed by atoms with Crippen LogP contribution in [0.25, 0.3) is 0 Å². The number of nitrogens with one attached hydrogen (secondary N) is 2. The topological polar surface area (TPSA) is 70.7 Å². The largest absolute Gasteiger partial charge is 0.378 e. The Morgan fingerprint density at radius 3 is 2.70 bits per heavy atom. The lowest BCUT2D eigenvalue weighted by atomic mass is 9.85. The van der Waals surface area contributed by atoms with Gasteiger partial charge in [0.25, 0.3) is 0 Å². The highest BCUT2D eigenvalue weighted by atomic mass is 35.5. The van der Waals surface area contributed by atoms with Gasteiger partial charge >= 0.3 is 0 Å². The first kappa shape index (κ1) is 20.1. The van der Waals surface area contributed by atoms with Gasteiger partial charge in [-0.1, -0.05) is 23.7 Å². The molecule has 2 fully saturated rings. The standard InChI is InChI=1S/C20H28ClN3O3/c1-24-9-10-27-13-18(24)20(26)23-17-7-5-15(6-8-17)19(25)22-12-14-3-2-4-16(21)11-14/h2-4,11,15,17-18H,5-10,12-13H2,1H3,(H,22,25)(H,23,26)/t15?,17?,18-/m1/s1. The minimum absolute atomic E-state index is 0.0121. The van der Waals surface area contributed by atoms with Crippen LogP contribution in [0.15, 0.2) is 24.3 Å². The Hall–Kier alpha value is -1.63. The second kappa shape index (κ2) is 9.53. The van der Waals surface area contributed by atoms with Crippen molar-refractivity contribution < 1.29 is 14.3 Å². The molecule has 2 N–H and O–H groups in total. The lowest BCUT2D eigenvalue weighted by Crippen LogP contribution is -2.54. The first-order chi connectivity index (χ1) is 13.0. The van der Waals surface area contributed by atoms with E-state index >= 15 is 0 Å². The molecule has 7 heteroatoms. The van der Waals surface area contributed by atoms with Crippen molar-refractivity contribution in [1.82, 2.24) is 15.5 Å². The number of halogens is 1. The molecule has 6 nitrogen and oxygen atoms in total. The number of likely N-dealkylation sites (N-methyl/N-ethyl adjacent to an activating group) is 1. The molecule has 1 aromatic rings. The number of hydrogen-bond donors (Lipinski definition) is 2. The molecule has 0 radical (unpaired) electrons. The minimum atomic E-state index is -0.211. The predicted octanol–water partition coefficient (Wildman–Crippen LogP) is 1.96. The van der Waals surface area contributed by atoms with E-state index in [4.69, 9.17) is 16.3 Å².